The topological polar surface area (TPSA) is 132 Å². The Kier molecular flexibility index (Phi) is 6.40. The molecule has 1 aromatic carbocycles. The van der Waals surface area contributed by atoms with Gasteiger partial charge in [-0.15, -0.1) is 28.8 Å². The number of thiophene rings is 1. The number of H-pyrrole nitrogens is 1. The Hall–Kier alpha value is -3.87. The number of nitrogens with zero attached hydrogens (tertiary/aromatic N) is 6. The minimum absolute atomic E-state index is 0. The molecule has 5 aromatic rings. The van der Waals surface area contributed by atoms with Gasteiger partial charge >= 0.3 is 5.97 Å². The van der Waals surface area contributed by atoms with Gasteiger partial charge in [0.2, 0.25) is 5.95 Å². The van der Waals surface area contributed by atoms with E-state index in [-0.39, 0.29) is 28.5 Å². The molecule has 0 saturated heterocycles. The number of carbonyl (C=O) groups is 1. The van der Waals surface area contributed by atoms with E-state index in [9.17, 15) is 14.0 Å². The van der Waals surface area contributed by atoms with Crippen LogP contribution in [-0.4, -0.2) is 45.8 Å². The van der Waals surface area contributed by atoms with Gasteiger partial charge in [-0.2, -0.15) is 9.07 Å². The number of pyridine rings is 1. The van der Waals surface area contributed by atoms with E-state index >= 15 is 0 Å². The molecular weight excluding hydrogens is 544 g/mol. The predicted octanol–water partition coefficient (Wildman–Crippen LogP) is 4.39. The van der Waals surface area contributed by atoms with Gasteiger partial charge in [-0.3, -0.25) is 4.79 Å². The SMILES string of the molecule is Cl.O=C(O)c1cc(-c2[nH]c([C@@H]3CCc4cc(-c5cc(Cl)ccc5-n5cnnn5)cc(=O)n43)nc2F)cs1. The molecule has 1 aliphatic rings. The third kappa shape index (κ3) is 4.32. The van der Waals surface area contributed by atoms with Gasteiger partial charge in [0.05, 0.1) is 11.7 Å². The van der Waals surface area contributed by atoms with E-state index in [0.29, 0.717) is 46.1 Å². The van der Waals surface area contributed by atoms with E-state index in [1.54, 1.807) is 28.1 Å². The van der Waals surface area contributed by atoms with Crippen molar-refractivity contribution >= 4 is 41.3 Å². The number of halogens is 3. The fraction of sp³-hybridized carbons (Fsp3) is 0.130. The van der Waals surface area contributed by atoms with Crippen LogP contribution in [0.15, 0.2) is 52.9 Å². The maximum Gasteiger partial charge on any atom is 0.345 e. The van der Waals surface area contributed by atoms with Crippen LogP contribution in [0.3, 0.4) is 0 Å². The summed E-state index contributed by atoms with van der Waals surface area (Å²) in [6.45, 7) is 0. The van der Waals surface area contributed by atoms with Crippen molar-refractivity contribution in [2.24, 2.45) is 0 Å². The Bertz CT molecular complexity index is 1700. The molecule has 14 heteroatoms. The molecular formula is C23H16Cl2FN7O3S. The number of imidazole rings is 1. The first kappa shape index (κ1) is 24.8. The number of fused-ring (bicyclic) bond motifs is 1. The fourth-order valence-corrected chi connectivity index (χ4v) is 5.43. The number of aromatic nitrogens is 7. The van der Waals surface area contributed by atoms with Crippen molar-refractivity contribution < 1.29 is 14.3 Å². The summed E-state index contributed by atoms with van der Waals surface area (Å²) in [7, 11) is 0. The number of rotatable bonds is 5. The van der Waals surface area contributed by atoms with Crippen LogP contribution in [0.5, 0.6) is 0 Å². The van der Waals surface area contributed by atoms with Gasteiger partial charge < -0.3 is 14.7 Å². The van der Waals surface area contributed by atoms with Gasteiger partial charge in [0.1, 0.15) is 22.7 Å². The second-order valence-corrected chi connectivity index (χ2v) is 9.55. The van der Waals surface area contributed by atoms with Crippen LogP contribution in [0.4, 0.5) is 4.39 Å². The second-order valence-electron chi connectivity index (χ2n) is 8.21. The predicted molar refractivity (Wildman–Crippen MR) is 136 cm³/mol. The number of tetrazole rings is 1. The summed E-state index contributed by atoms with van der Waals surface area (Å²) in [5, 5.41) is 22.5. The molecule has 37 heavy (non-hydrogen) atoms. The Morgan fingerprint density at radius 1 is 1.22 bits per heavy atom. The van der Waals surface area contributed by atoms with Crippen molar-refractivity contribution in [1.29, 1.82) is 0 Å². The van der Waals surface area contributed by atoms with Gasteiger partial charge in [-0.1, -0.05) is 11.6 Å². The van der Waals surface area contributed by atoms with Gasteiger partial charge in [0.25, 0.3) is 5.56 Å². The van der Waals surface area contributed by atoms with Gasteiger partial charge in [0, 0.05) is 33.3 Å². The molecule has 0 saturated carbocycles. The quantitative estimate of drug-likeness (QED) is 0.326. The molecule has 0 radical (unpaired) electrons. The first-order chi connectivity index (χ1) is 17.4. The molecule has 0 spiro atoms. The highest BCUT2D eigenvalue weighted by atomic mass is 35.5. The maximum absolute atomic E-state index is 14.7. The highest BCUT2D eigenvalue weighted by Crippen LogP contribution is 2.35. The van der Waals surface area contributed by atoms with Crippen LogP contribution in [-0.2, 0) is 6.42 Å². The molecule has 0 amide bonds. The lowest BCUT2D eigenvalue weighted by atomic mass is 10.0. The van der Waals surface area contributed by atoms with Gasteiger partial charge in [0.15, 0.2) is 0 Å². The summed E-state index contributed by atoms with van der Waals surface area (Å²) in [4.78, 5) is 31.6. The zero-order valence-corrected chi connectivity index (χ0v) is 21.0. The van der Waals surface area contributed by atoms with Crippen LogP contribution in [0.1, 0.15) is 33.7 Å². The first-order valence-electron chi connectivity index (χ1n) is 10.8. The summed E-state index contributed by atoms with van der Waals surface area (Å²) < 4.78 is 17.8. The second kappa shape index (κ2) is 9.54. The normalized spacial score (nSPS) is 14.4. The Morgan fingerprint density at radius 3 is 2.78 bits per heavy atom. The average molecular weight is 560 g/mol. The average Bonchev–Trinajstić information content (AvgIpc) is 3.64. The number of carboxylic acids is 1. The summed E-state index contributed by atoms with van der Waals surface area (Å²) in [5.41, 5.74) is 3.00. The molecule has 4 aromatic heterocycles. The number of aryl methyl sites for hydroxylation is 1. The van der Waals surface area contributed by atoms with Crippen molar-refractivity contribution in [3.8, 4) is 28.1 Å². The number of carboxylic acid groups (broad SMARTS) is 1. The molecule has 5 heterocycles. The van der Waals surface area contributed by atoms with Gasteiger partial charge in [-0.05, 0) is 59.2 Å². The molecule has 0 aliphatic carbocycles. The summed E-state index contributed by atoms with van der Waals surface area (Å²) in [6.07, 6.45) is 2.58. The fourth-order valence-electron chi connectivity index (χ4n) is 4.52. The van der Waals surface area contributed by atoms with Crippen molar-refractivity contribution in [1.82, 2.24) is 34.7 Å². The zero-order valence-electron chi connectivity index (χ0n) is 18.6. The Labute approximate surface area is 222 Å². The molecule has 6 rings (SSSR count). The van der Waals surface area contributed by atoms with Crippen LogP contribution >= 0.6 is 35.3 Å². The van der Waals surface area contributed by atoms with Crippen molar-refractivity contribution in [2.45, 2.75) is 18.9 Å². The highest BCUT2D eigenvalue weighted by molar-refractivity contribution is 7.12. The van der Waals surface area contributed by atoms with Crippen LogP contribution in [0.25, 0.3) is 28.1 Å². The number of aromatic carboxylic acids is 1. The lowest BCUT2D eigenvalue weighted by Crippen LogP contribution is -2.24. The van der Waals surface area contributed by atoms with Crippen molar-refractivity contribution in [3.63, 3.8) is 0 Å². The first-order valence-corrected chi connectivity index (χ1v) is 12.0. The zero-order chi connectivity index (χ0) is 25.0. The number of hydrogen-bond donors (Lipinski definition) is 2. The van der Waals surface area contributed by atoms with Crippen LogP contribution in [0, 0.1) is 5.95 Å². The van der Waals surface area contributed by atoms with E-state index in [0.717, 1.165) is 17.0 Å². The van der Waals surface area contributed by atoms with Crippen molar-refractivity contribution in [3.05, 3.63) is 85.8 Å². The maximum atomic E-state index is 14.7. The molecule has 1 aliphatic heterocycles. The highest BCUT2D eigenvalue weighted by Gasteiger charge is 2.29. The molecule has 1 atom stereocenters. The molecule has 2 N–H and O–H groups in total. The monoisotopic (exact) mass is 559 g/mol. The van der Waals surface area contributed by atoms with Crippen LogP contribution < -0.4 is 5.56 Å². The van der Waals surface area contributed by atoms with Crippen molar-refractivity contribution in [2.75, 3.05) is 0 Å². The summed E-state index contributed by atoms with van der Waals surface area (Å²) in [5.74, 6) is -1.53. The van der Waals surface area contributed by atoms with E-state index in [1.807, 2.05) is 6.07 Å². The summed E-state index contributed by atoms with van der Waals surface area (Å²) in [6, 6.07) is 9.54. The van der Waals surface area contributed by atoms with E-state index < -0.39 is 18.0 Å². The number of nitrogens with one attached hydrogen (secondary N) is 1. The van der Waals surface area contributed by atoms with Gasteiger partial charge in [-0.25, -0.2) is 9.78 Å². The van der Waals surface area contributed by atoms with E-state index in [4.69, 9.17) is 16.7 Å². The molecule has 0 unspecified atom stereocenters. The van der Waals surface area contributed by atoms with E-state index in [2.05, 4.69) is 25.5 Å². The minimum Gasteiger partial charge on any atom is -0.477 e. The number of hydrogen-bond acceptors (Lipinski definition) is 7. The van der Waals surface area contributed by atoms with E-state index in [1.165, 1.54) is 23.1 Å². The molecule has 188 valence electrons. The Balaban J connectivity index is 0.00000280. The smallest absolute Gasteiger partial charge is 0.345 e. The molecule has 0 bridgehead atoms. The standard InChI is InChI=1S/C23H15ClFN7O3S.ClH/c24-13-1-3-16(31-10-26-29-30-31)15(8-13)11-5-14-2-4-17(32(14)19(33)7-11)22-27-20(21(25)28-22)12-6-18(23(34)35)36-9-12;/h1,3,5-10,17H,2,4H2,(H,27,28)(H,34,35);1H/t17-;/m0./s1. The summed E-state index contributed by atoms with van der Waals surface area (Å²) >= 11 is 7.25. The number of benzene rings is 1. The lowest BCUT2D eigenvalue weighted by Gasteiger charge is -2.14. The lowest BCUT2D eigenvalue weighted by molar-refractivity contribution is 0.0702. The Morgan fingerprint density at radius 2 is 2.05 bits per heavy atom. The minimum atomic E-state index is -1.08. The third-order valence-electron chi connectivity index (χ3n) is 6.09. The largest absolute Gasteiger partial charge is 0.477 e. The number of aromatic amines is 1. The van der Waals surface area contributed by atoms with Crippen LogP contribution in [0.2, 0.25) is 5.02 Å². The molecule has 10 nitrogen and oxygen atoms in total. The molecule has 0 fully saturated rings. The third-order valence-corrected chi connectivity index (χ3v) is 7.24.